The van der Waals surface area contributed by atoms with E-state index in [9.17, 15) is 4.79 Å². The summed E-state index contributed by atoms with van der Waals surface area (Å²) >= 11 is 7.09. The van der Waals surface area contributed by atoms with Crippen molar-refractivity contribution < 1.29 is 9.53 Å². The van der Waals surface area contributed by atoms with Gasteiger partial charge in [-0.1, -0.05) is 68.3 Å². The van der Waals surface area contributed by atoms with Crippen LogP contribution in [0.1, 0.15) is 15.9 Å². The average Bonchev–Trinajstić information content (AvgIpc) is 3.17. The summed E-state index contributed by atoms with van der Waals surface area (Å²) in [6.45, 7) is 0.528. The highest BCUT2D eigenvalue weighted by Crippen LogP contribution is 2.30. The maximum atomic E-state index is 11.9. The number of esters is 1. The van der Waals surface area contributed by atoms with Crippen molar-refractivity contribution in [2.45, 2.75) is 6.54 Å². The maximum absolute atomic E-state index is 11.9. The van der Waals surface area contributed by atoms with Crippen molar-refractivity contribution in [3.63, 3.8) is 0 Å². The summed E-state index contributed by atoms with van der Waals surface area (Å²) in [6.07, 6.45) is 0. The van der Waals surface area contributed by atoms with Crippen LogP contribution in [-0.4, -0.2) is 22.9 Å². The van der Waals surface area contributed by atoms with E-state index in [-0.39, 0.29) is 5.97 Å². The summed E-state index contributed by atoms with van der Waals surface area (Å²) in [5.41, 5.74) is 5.46. The standard InChI is InChI=1S/C24H18Br2N2O2/c1-30-24(29)19-8-2-5-16(11-19)15-28-23(18-7-4-10-21(26)13-18)14-22(27-28)17-6-3-9-20(25)12-17/h2-14H,15H2,1H3. The van der Waals surface area contributed by atoms with Crippen LogP contribution in [0.15, 0.2) is 87.8 Å². The van der Waals surface area contributed by atoms with Crippen LogP contribution in [0.3, 0.4) is 0 Å². The molecule has 0 spiro atoms. The molecule has 4 nitrogen and oxygen atoms in total. The van der Waals surface area contributed by atoms with Crippen LogP contribution >= 0.6 is 31.9 Å². The number of benzene rings is 3. The van der Waals surface area contributed by atoms with Gasteiger partial charge >= 0.3 is 5.97 Å². The van der Waals surface area contributed by atoms with E-state index in [1.54, 1.807) is 6.07 Å². The maximum Gasteiger partial charge on any atom is 0.337 e. The first-order chi connectivity index (χ1) is 14.5. The largest absolute Gasteiger partial charge is 0.465 e. The minimum absolute atomic E-state index is 0.348. The molecule has 0 atom stereocenters. The zero-order valence-electron chi connectivity index (χ0n) is 16.2. The molecule has 0 bridgehead atoms. The molecule has 4 rings (SSSR count). The van der Waals surface area contributed by atoms with Gasteiger partial charge in [-0.15, -0.1) is 0 Å². The van der Waals surface area contributed by atoms with E-state index in [0.29, 0.717) is 12.1 Å². The fourth-order valence-corrected chi connectivity index (χ4v) is 4.09. The third-order valence-corrected chi connectivity index (χ3v) is 5.69. The fraction of sp³-hybridized carbons (Fsp3) is 0.0833. The third-order valence-electron chi connectivity index (χ3n) is 4.70. The summed E-state index contributed by atoms with van der Waals surface area (Å²) in [7, 11) is 1.39. The second kappa shape index (κ2) is 8.98. The van der Waals surface area contributed by atoms with Crippen LogP contribution in [0.25, 0.3) is 22.5 Å². The lowest BCUT2D eigenvalue weighted by molar-refractivity contribution is 0.0600. The molecule has 6 heteroatoms. The number of ether oxygens (including phenoxy) is 1. The molecule has 0 aliphatic carbocycles. The second-order valence-corrected chi connectivity index (χ2v) is 8.62. The predicted octanol–water partition coefficient (Wildman–Crippen LogP) is 6.58. The molecule has 0 N–H and O–H groups in total. The number of halogens is 2. The highest BCUT2D eigenvalue weighted by Gasteiger charge is 2.14. The van der Waals surface area contributed by atoms with Gasteiger partial charge in [0, 0.05) is 20.1 Å². The van der Waals surface area contributed by atoms with Crippen molar-refractivity contribution in [2.75, 3.05) is 7.11 Å². The van der Waals surface area contributed by atoms with Gasteiger partial charge in [-0.25, -0.2) is 4.79 Å². The monoisotopic (exact) mass is 524 g/mol. The second-order valence-electron chi connectivity index (χ2n) is 6.79. The van der Waals surface area contributed by atoms with Crippen LogP contribution in [0.5, 0.6) is 0 Å². The Morgan fingerprint density at radius 2 is 1.57 bits per heavy atom. The van der Waals surface area contributed by atoms with E-state index in [2.05, 4.69) is 56.1 Å². The molecule has 30 heavy (non-hydrogen) atoms. The van der Waals surface area contributed by atoms with Crippen LogP contribution in [0, 0.1) is 0 Å². The number of methoxy groups -OCH3 is 1. The Hall–Kier alpha value is -2.70. The van der Waals surface area contributed by atoms with Crippen molar-refractivity contribution in [3.8, 4) is 22.5 Å². The van der Waals surface area contributed by atoms with E-state index < -0.39 is 0 Å². The Morgan fingerprint density at radius 1 is 0.900 bits per heavy atom. The highest BCUT2D eigenvalue weighted by molar-refractivity contribution is 9.10. The first kappa shape index (κ1) is 20.6. The van der Waals surface area contributed by atoms with Gasteiger partial charge in [0.25, 0.3) is 0 Å². The minimum atomic E-state index is -0.348. The zero-order chi connectivity index (χ0) is 21.1. The van der Waals surface area contributed by atoms with Crippen LogP contribution in [-0.2, 0) is 11.3 Å². The molecule has 0 aliphatic rings. The van der Waals surface area contributed by atoms with E-state index in [1.807, 2.05) is 53.2 Å². The lowest BCUT2D eigenvalue weighted by Crippen LogP contribution is -2.06. The molecule has 0 radical (unpaired) electrons. The normalized spacial score (nSPS) is 10.8. The number of nitrogens with zero attached hydrogens (tertiary/aromatic N) is 2. The molecule has 0 aliphatic heterocycles. The van der Waals surface area contributed by atoms with Gasteiger partial charge in [0.2, 0.25) is 0 Å². The van der Waals surface area contributed by atoms with Crippen molar-refractivity contribution in [1.29, 1.82) is 0 Å². The summed E-state index contributed by atoms with van der Waals surface area (Å²) in [4.78, 5) is 11.9. The lowest BCUT2D eigenvalue weighted by atomic mass is 10.1. The summed E-state index contributed by atoms with van der Waals surface area (Å²) in [6, 6.07) is 25.8. The van der Waals surface area contributed by atoms with Crippen LogP contribution in [0.2, 0.25) is 0 Å². The van der Waals surface area contributed by atoms with E-state index in [4.69, 9.17) is 9.84 Å². The molecule has 4 aromatic rings. The molecule has 0 amide bonds. The van der Waals surface area contributed by atoms with Gasteiger partial charge < -0.3 is 4.74 Å². The van der Waals surface area contributed by atoms with Crippen molar-refractivity contribution >= 4 is 37.8 Å². The van der Waals surface area contributed by atoms with E-state index in [1.165, 1.54) is 7.11 Å². The van der Waals surface area contributed by atoms with Crippen LogP contribution < -0.4 is 0 Å². The van der Waals surface area contributed by atoms with Gasteiger partial charge in [0.15, 0.2) is 0 Å². The molecule has 0 unspecified atom stereocenters. The summed E-state index contributed by atoms with van der Waals surface area (Å²) in [5, 5.41) is 4.88. The van der Waals surface area contributed by atoms with Crippen LogP contribution in [0.4, 0.5) is 0 Å². The highest BCUT2D eigenvalue weighted by atomic mass is 79.9. The van der Waals surface area contributed by atoms with Gasteiger partial charge in [0.1, 0.15) is 0 Å². The molecule has 0 saturated carbocycles. The SMILES string of the molecule is COC(=O)c1cccc(Cn2nc(-c3cccc(Br)c3)cc2-c2cccc(Br)c2)c1. The molecular weight excluding hydrogens is 508 g/mol. The number of hydrogen-bond donors (Lipinski definition) is 0. The first-order valence-electron chi connectivity index (χ1n) is 9.30. The molecule has 3 aromatic carbocycles. The molecule has 1 heterocycles. The van der Waals surface area contributed by atoms with E-state index in [0.717, 1.165) is 37.0 Å². The Bertz CT molecular complexity index is 1220. The van der Waals surface area contributed by atoms with Gasteiger partial charge in [-0.3, -0.25) is 4.68 Å². The first-order valence-corrected chi connectivity index (χ1v) is 10.9. The van der Waals surface area contributed by atoms with Crippen molar-refractivity contribution in [3.05, 3.63) is 98.9 Å². The Labute approximate surface area is 191 Å². The Balaban J connectivity index is 1.79. The molecular formula is C24H18Br2N2O2. The number of hydrogen-bond acceptors (Lipinski definition) is 3. The lowest BCUT2D eigenvalue weighted by Gasteiger charge is -2.09. The number of rotatable bonds is 5. The third kappa shape index (κ3) is 4.55. The summed E-state index contributed by atoms with van der Waals surface area (Å²) < 4.78 is 8.82. The Kier molecular flexibility index (Phi) is 6.16. The van der Waals surface area contributed by atoms with Crippen molar-refractivity contribution in [1.82, 2.24) is 9.78 Å². The number of carbonyl (C=O) groups excluding carboxylic acids is 1. The minimum Gasteiger partial charge on any atom is -0.465 e. The van der Waals surface area contributed by atoms with E-state index >= 15 is 0 Å². The van der Waals surface area contributed by atoms with Gasteiger partial charge in [-0.2, -0.15) is 5.10 Å². The molecule has 1 aromatic heterocycles. The number of carbonyl (C=O) groups is 1. The quantitative estimate of drug-likeness (QED) is 0.276. The predicted molar refractivity (Wildman–Crippen MR) is 125 cm³/mol. The molecule has 150 valence electrons. The smallest absolute Gasteiger partial charge is 0.337 e. The topological polar surface area (TPSA) is 44.1 Å². The summed E-state index contributed by atoms with van der Waals surface area (Å²) in [5.74, 6) is -0.348. The molecule has 0 saturated heterocycles. The zero-order valence-corrected chi connectivity index (χ0v) is 19.4. The van der Waals surface area contributed by atoms with Gasteiger partial charge in [0.05, 0.1) is 30.6 Å². The average molecular weight is 526 g/mol. The Morgan fingerprint density at radius 3 is 2.27 bits per heavy atom. The molecule has 0 fully saturated rings. The van der Waals surface area contributed by atoms with Crippen molar-refractivity contribution in [2.24, 2.45) is 0 Å². The fourth-order valence-electron chi connectivity index (χ4n) is 3.29. The number of aromatic nitrogens is 2. The van der Waals surface area contributed by atoms with Gasteiger partial charge in [-0.05, 0) is 48.0 Å².